The average Bonchev–Trinajstić information content (AvgIpc) is 4.16. The van der Waals surface area contributed by atoms with Crippen LogP contribution in [0.25, 0.3) is 81.1 Å². The number of hydrogen-bond donors (Lipinski definition) is 0. The van der Waals surface area contributed by atoms with Crippen LogP contribution in [0.3, 0.4) is 0 Å². The van der Waals surface area contributed by atoms with E-state index in [1.807, 2.05) is 11.3 Å². The summed E-state index contributed by atoms with van der Waals surface area (Å²) in [6.07, 6.45) is 6.82. The van der Waals surface area contributed by atoms with Gasteiger partial charge in [0, 0.05) is 58.9 Å². The fraction of sp³-hybridized carbons (Fsp3) is 0.0938. The van der Waals surface area contributed by atoms with E-state index in [1.165, 1.54) is 109 Å². The Balaban J connectivity index is 0.981. The number of allylic oxidation sites excluding steroid dienone is 4. The SMILES string of the molecule is CC1(C)c2ccccc2-c2ccc(N(c3ccc(-c4cccc5sc6ccccc6c45)cc3)c3cccc4c3C3=C(CCC=C3)C43c4ccccc4-c4c3ccc3c4oc4ccccc43)cc21. The number of furan rings is 1. The Bertz CT molecular complexity index is 4020. The molecule has 2 aromatic heterocycles. The van der Waals surface area contributed by atoms with Crippen LogP contribution in [0.5, 0.6) is 0 Å². The summed E-state index contributed by atoms with van der Waals surface area (Å²) in [6, 6.07) is 70.7. The van der Waals surface area contributed by atoms with Gasteiger partial charge in [0.2, 0.25) is 0 Å². The van der Waals surface area contributed by atoms with Crippen molar-refractivity contribution >= 4 is 76.1 Å². The summed E-state index contributed by atoms with van der Waals surface area (Å²) < 4.78 is 9.52. The summed E-state index contributed by atoms with van der Waals surface area (Å²) >= 11 is 1.88. The molecule has 0 saturated heterocycles. The van der Waals surface area contributed by atoms with Gasteiger partial charge in [0.15, 0.2) is 0 Å². The normalized spacial score (nSPS) is 17.0. The Kier molecular flexibility index (Phi) is 7.52. The molecule has 2 heterocycles. The lowest BCUT2D eigenvalue weighted by atomic mass is 9.68. The smallest absolute Gasteiger partial charge is 0.143 e. The topological polar surface area (TPSA) is 16.4 Å². The van der Waals surface area contributed by atoms with Gasteiger partial charge in [-0.15, -0.1) is 11.3 Å². The number of nitrogens with zero attached hydrogens (tertiary/aromatic N) is 1. The van der Waals surface area contributed by atoms with Crippen molar-refractivity contribution in [1.29, 1.82) is 0 Å². The Morgan fingerprint density at radius 3 is 2.09 bits per heavy atom. The van der Waals surface area contributed by atoms with Crippen molar-refractivity contribution in [1.82, 2.24) is 0 Å². The Hall–Kier alpha value is -7.72. The molecule has 2 nitrogen and oxygen atoms in total. The van der Waals surface area contributed by atoms with Gasteiger partial charge < -0.3 is 9.32 Å². The number of benzene rings is 9. The lowest BCUT2D eigenvalue weighted by Gasteiger charge is -2.34. The second-order valence-electron chi connectivity index (χ2n) is 19.4. The highest BCUT2D eigenvalue weighted by molar-refractivity contribution is 7.25. The van der Waals surface area contributed by atoms with E-state index in [9.17, 15) is 0 Å². The number of fused-ring (bicyclic) bond motifs is 19. The van der Waals surface area contributed by atoms with Crippen molar-refractivity contribution in [2.45, 2.75) is 37.5 Å². The van der Waals surface area contributed by atoms with Gasteiger partial charge >= 0.3 is 0 Å². The molecule has 1 spiro atoms. The van der Waals surface area contributed by atoms with Crippen LogP contribution in [0.4, 0.5) is 17.1 Å². The number of para-hydroxylation sites is 1. The molecule has 0 amide bonds. The van der Waals surface area contributed by atoms with Gasteiger partial charge in [-0.05, 0) is 128 Å². The van der Waals surface area contributed by atoms with Gasteiger partial charge in [-0.3, -0.25) is 0 Å². The third-order valence-electron chi connectivity index (χ3n) is 15.8. The molecule has 15 rings (SSSR count). The van der Waals surface area contributed by atoms with Crippen molar-refractivity contribution in [3.63, 3.8) is 0 Å². The predicted molar refractivity (Wildman–Crippen MR) is 281 cm³/mol. The van der Waals surface area contributed by atoms with Crippen LogP contribution in [-0.2, 0) is 10.8 Å². The molecule has 4 aliphatic carbocycles. The maximum atomic E-state index is 6.88. The highest BCUT2D eigenvalue weighted by atomic mass is 32.1. The number of hydrogen-bond acceptors (Lipinski definition) is 3. The minimum absolute atomic E-state index is 0.150. The lowest BCUT2D eigenvalue weighted by molar-refractivity contribution is 0.660. The highest BCUT2D eigenvalue weighted by Gasteiger charge is 2.54. The summed E-state index contributed by atoms with van der Waals surface area (Å²) in [5.41, 5.74) is 23.3. The summed E-state index contributed by atoms with van der Waals surface area (Å²) in [5, 5.41) is 4.99. The Labute approximate surface area is 393 Å². The number of rotatable bonds is 4. The molecule has 0 bridgehead atoms. The zero-order chi connectivity index (χ0) is 44.2. The van der Waals surface area contributed by atoms with Gasteiger partial charge in [-0.1, -0.05) is 166 Å². The van der Waals surface area contributed by atoms with Crippen molar-refractivity contribution in [2.75, 3.05) is 4.90 Å². The Morgan fingerprint density at radius 2 is 1.19 bits per heavy atom. The van der Waals surface area contributed by atoms with Crippen LogP contribution >= 0.6 is 11.3 Å². The molecule has 4 aliphatic rings. The molecule has 1 atom stereocenters. The van der Waals surface area contributed by atoms with Crippen LogP contribution in [0.1, 0.15) is 60.1 Å². The van der Waals surface area contributed by atoms with E-state index in [0.717, 1.165) is 40.8 Å². The van der Waals surface area contributed by atoms with E-state index in [0.29, 0.717) is 0 Å². The van der Waals surface area contributed by atoms with E-state index in [2.05, 4.69) is 219 Å². The van der Waals surface area contributed by atoms with Gasteiger partial charge in [0.1, 0.15) is 11.2 Å². The minimum Gasteiger partial charge on any atom is -0.455 e. The molecule has 11 aromatic rings. The summed E-state index contributed by atoms with van der Waals surface area (Å²) in [5.74, 6) is 0. The van der Waals surface area contributed by atoms with Crippen LogP contribution < -0.4 is 4.90 Å². The third-order valence-corrected chi connectivity index (χ3v) is 16.9. The summed E-state index contributed by atoms with van der Waals surface area (Å²) in [4.78, 5) is 2.55. The van der Waals surface area contributed by atoms with Crippen molar-refractivity contribution in [3.8, 4) is 33.4 Å². The fourth-order valence-corrected chi connectivity index (χ4v) is 14.1. The van der Waals surface area contributed by atoms with Crippen LogP contribution in [-0.4, -0.2) is 0 Å². The fourth-order valence-electron chi connectivity index (χ4n) is 13.0. The van der Waals surface area contributed by atoms with Crippen LogP contribution in [0, 0.1) is 0 Å². The summed E-state index contributed by atoms with van der Waals surface area (Å²) in [7, 11) is 0. The predicted octanol–water partition coefficient (Wildman–Crippen LogP) is 17.8. The molecule has 0 aliphatic heterocycles. The molecule has 0 saturated carbocycles. The minimum atomic E-state index is -0.469. The second kappa shape index (κ2) is 13.4. The van der Waals surface area contributed by atoms with Crippen molar-refractivity contribution in [2.24, 2.45) is 0 Å². The molecule has 316 valence electrons. The van der Waals surface area contributed by atoms with Gasteiger partial charge in [0.25, 0.3) is 0 Å². The zero-order valence-corrected chi connectivity index (χ0v) is 38.0. The molecular weight excluding hydrogens is 831 g/mol. The van der Waals surface area contributed by atoms with Gasteiger partial charge in [-0.2, -0.15) is 0 Å². The van der Waals surface area contributed by atoms with Gasteiger partial charge in [0.05, 0.1) is 11.1 Å². The van der Waals surface area contributed by atoms with E-state index in [-0.39, 0.29) is 5.41 Å². The molecular formula is C64H43NOS. The first kappa shape index (κ1) is 37.5. The quantitative estimate of drug-likeness (QED) is 0.175. The van der Waals surface area contributed by atoms with Gasteiger partial charge in [-0.25, -0.2) is 0 Å². The van der Waals surface area contributed by atoms with E-state index in [1.54, 1.807) is 0 Å². The van der Waals surface area contributed by atoms with E-state index >= 15 is 0 Å². The first-order valence-electron chi connectivity index (χ1n) is 23.6. The standard InChI is InChI=1S/C64H43NOS/c1-63(2)49-21-8-3-15-42(49)43-34-33-40(37-54(43)63)65(39-31-29-38(30-32-39)41-20-13-28-58-59(41)48-19-7-12-27-57(48)67-58)55-25-14-24-52-60(55)46-17-4-9-22-50(46)64(52)51-23-10-5-18-47(51)61-53(64)36-35-45-44-16-6-11-26-56(44)66-62(45)61/h3-8,10-21,23-37H,9,22H2,1-2H3. The third kappa shape index (κ3) is 4.84. The Morgan fingerprint density at radius 1 is 0.507 bits per heavy atom. The first-order chi connectivity index (χ1) is 33.0. The first-order valence-corrected chi connectivity index (χ1v) is 24.5. The molecule has 1 unspecified atom stereocenters. The molecule has 9 aromatic carbocycles. The second-order valence-corrected chi connectivity index (χ2v) is 20.4. The molecule has 0 N–H and O–H groups in total. The van der Waals surface area contributed by atoms with Crippen LogP contribution in [0.15, 0.2) is 210 Å². The monoisotopic (exact) mass is 873 g/mol. The number of thiophene rings is 1. The maximum Gasteiger partial charge on any atom is 0.143 e. The highest BCUT2D eigenvalue weighted by Crippen LogP contribution is 2.66. The largest absolute Gasteiger partial charge is 0.455 e. The molecule has 3 heteroatoms. The maximum absolute atomic E-state index is 6.88. The van der Waals surface area contributed by atoms with Crippen molar-refractivity contribution < 1.29 is 4.42 Å². The van der Waals surface area contributed by atoms with Crippen molar-refractivity contribution in [3.05, 3.63) is 239 Å². The lowest BCUT2D eigenvalue weighted by Crippen LogP contribution is -2.28. The molecule has 0 fully saturated rings. The zero-order valence-electron chi connectivity index (χ0n) is 37.2. The van der Waals surface area contributed by atoms with E-state index < -0.39 is 5.41 Å². The summed E-state index contributed by atoms with van der Waals surface area (Å²) in [6.45, 7) is 4.77. The van der Waals surface area contributed by atoms with E-state index in [4.69, 9.17) is 4.42 Å². The average molecular weight is 874 g/mol. The molecule has 0 radical (unpaired) electrons. The van der Waals surface area contributed by atoms with Crippen LogP contribution in [0.2, 0.25) is 0 Å². The molecule has 67 heavy (non-hydrogen) atoms. The number of anilines is 3.